The SMILES string of the molecule is CC.CC.CC.CC.CC1CC(C)C(C)C(C)C(C)C(C)C(C)C(C)C(C)C(C)C(C)C(C)(C)C(C)C(C)C(C)C(C)C(C)C(C)C(C)C(C)C1C. The molecule has 0 aliphatic heterocycles. The fraction of sp³-hybridized carbons (Fsp3) is 1.00. The van der Waals surface area contributed by atoms with Crippen molar-refractivity contribution in [2.45, 2.75) is 214 Å². The molecule has 0 bridgehead atoms. The van der Waals surface area contributed by atoms with E-state index >= 15 is 0 Å². The van der Waals surface area contributed by atoms with E-state index in [0.29, 0.717) is 29.1 Å². The zero-order chi connectivity index (χ0) is 42.8. The Hall–Kier alpha value is 0. The molecule has 0 amide bonds. The van der Waals surface area contributed by atoms with Gasteiger partial charge in [0.05, 0.1) is 0 Å². The first-order valence-electron chi connectivity index (χ1n) is 23.9. The number of hydrogen-bond donors (Lipinski definition) is 0. The summed E-state index contributed by atoms with van der Waals surface area (Å²) in [4.78, 5) is 0. The molecule has 0 saturated heterocycles. The molecule has 1 aliphatic carbocycles. The second-order valence-electron chi connectivity index (χ2n) is 19.3. The van der Waals surface area contributed by atoms with Gasteiger partial charge in [-0.2, -0.15) is 0 Å². The van der Waals surface area contributed by atoms with E-state index in [1.807, 2.05) is 55.4 Å². The molecule has 1 saturated carbocycles. The predicted molar refractivity (Wildman–Crippen MR) is 247 cm³/mol. The van der Waals surface area contributed by atoms with E-state index in [2.05, 4.69) is 152 Å². The highest BCUT2D eigenvalue weighted by molar-refractivity contribution is 4.92. The second-order valence-corrected chi connectivity index (χ2v) is 19.3. The van der Waals surface area contributed by atoms with Crippen LogP contribution in [0.1, 0.15) is 214 Å². The summed E-state index contributed by atoms with van der Waals surface area (Å²) in [5.74, 6) is 14.8. The largest absolute Gasteiger partial charge is 0.0683 e. The lowest BCUT2D eigenvalue weighted by atomic mass is 9.56. The standard InChI is InChI=1S/C44H88.4C2H6/c1-24-23-25(2)27(4)29(6)31(8)33(10)35(12)37(14)39(16)41(18)43(20)44(21,22)42(19)40(17)38(15)36(13)34(11)32(9)30(7)28(5)26(24)3;4*1-2/h24-43H,23H2,1-22H3;4*1-2H3. The van der Waals surface area contributed by atoms with Crippen molar-refractivity contribution in [3.05, 3.63) is 0 Å². The maximum absolute atomic E-state index is 2.61. The van der Waals surface area contributed by atoms with Gasteiger partial charge in [0.2, 0.25) is 0 Å². The first kappa shape index (κ1) is 58.7. The van der Waals surface area contributed by atoms with E-state index in [-0.39, 0.29) is 0 Å². The van der Waals surface area contributed by atoms with Crippen LogP contribution in [0.5, 0.6) is 0 Å². The van der Waals surface area contributed by atoms with Crippen molar-refractivity contribution in [1.29, 1.82) is 0 Å². The smallest absolute Gasteiger partial charge is 0.0298 e. The zero-order valence-electron chi connectivity index (χ0n) is 42.8. The summed E-state index contributed by atoms with van der Waals surface area (Å²) in [5.41, 5.74) is 0.308. The molecule has 0 heterocycles. The minimum atomic E-state index is 0.308. The van der Waals surface area contributed by atoms with Gasteiger partial charge >= 0.3 is 0 Å². The van der Waals surface area contributed by atoms with Crippen LogP contribution in [0.15, 0.2) is 0 Å². The van der Waals surface area contributed by atoms with Crippen LogP contribution in [-0.4, -0.2) is 0 Å². The van der Waals surface area contributed by atoms with E-state index in [1.54, 1.807) is 0 Å². The predicted octanol–water partition coefficient (Wildman–Crippen LogP) is 18.2. The molecule has 20 atom stereocenters. The van der Waals surface area contributed by atoms with E-state index < -0.39 is 0 Å². The average Bonchev–Trinajstić information content (AvgIpc) is 3.17. The Balaban J connectivity index is -0.00000134. The molecule has 0 aromatic carbocycles. The summed E-state index contributed by atoms with van der Waals surface area (Å²) in [5, 5.41) is 0. The maximum Gasteiger partial charge on any atom is -0.0298 e. The Morgan fingerprint density at radius 1 is 0.231 bits per heavy atom. The Bertz CT molecular complexity index is 745. The van der Waals surface area contributed by atoms with Crippen molar-refractivity contribution >= 4 is 0 Å². The van der Waals surface area contributed by atoms with Crippen LogP contribution in [-0.2, 0) is 0 Å². The third kappa shape index (κ3) is 15.5. The molecule has 0 radical (unpaired) electrons. The maximum atomic E-state index is 2.61. The van der Waals surface area contributed by atoms with Gasteiger partial charge in [-0.15, -0.1) is 0 Å². The average molecular weight is 737 g/mol. The van der Waals surface area contributed by atoms with Crippen LogP contribution in [0, 0.1) is 124 Å². The quantitative estimate of drug-likeness (QED) is 0.232. The third-order valence-electron chi connectivity index (χ3n) is 18.1. The van der Waals surface area contributed by atoms with Crippen molar-refractivity contribution in [1.82, 2.24) is 0 Å². The minimum absolute atomic E-state index is 0.308. The molecule has 0 aromatic rings. The Morgan fingerprint density at radius 3 is 0.538 bits per heavy atom. The van der Waals surface area contributed by atoms with Gasteiger partial charge in [-0.1, -0.05) is 208 Å². The van der Waals surface area contributed by atoms with Gasteiger partial charge in [0.25, 0.3) is 0 Å². The van der Waals surface area contributed by atoms with Crippen LogP contribution >= 0.6 is 0 Å². The molecule has 0 aromatic heterocycles. The summed E-state index contributed by atoms with van der Waals surface area (Å²) >= 11 is 0. The number of hydrogen-bond acceptors (Lipinski definition) is 0. The van der Waals surface area contributed by atoms with Gasteiger partial charge in [0, 0.05) is 0 Å². The summed E-state index contributed by atoms with van der Waals surface area (Å²) in [6, 6.07) is 0. The van der Waals surface area contributed by atoms with Crippen molar-refractivity contribution in [3.8, 4) is 0 Å². The Labute approximate surface area is 336 Å². The van der Waals surface area contributed by atoms with E-state index in [0.717, 1.165) is 94.7 Å². The normalized spacial score (nSPS) is 45.6. The van der Waals surface area contributed by atoms with Crippen molar-refractivity contribution < 1.29 is 0 Å². The van der Waals surface area contributed by atoms with E-state index in [4.69, 9.17) is 0 Å². The molecular weight excluding hydrogens is 625 g/mol. The highest BCUT2D eigenvalue weighted by atomic mass is 14.5. The molecule has 1 rings (SSSR count). The molecule has 0 spiro atoms. The van der Waals surface area contributed by atoms with Crippen molar-refractivity contribution in [2.24, 2.45) is 124 Å². The molecule has 0 heteroatoms. The van der Waals surface area contributed by atoms with Crippen LogP contribution in [0.3, 0.4) is 0 Å². The molecule has 0 N–H and O–H groups in total. The van der Waals surface area contributed by atoms with Gasteiger partial charge in [-0.25, -0.2) is 0 Å². The first-order chi connectivity index (χ1) is 23.9. The molecule has 20 unspecified atom stereocenters. The highest BCUT2D eigenvalue weighted by Gasteiger charge is 2.44. The van der Waals surface area contributed by atoms with Gasteiger partial charge < -0.3 is 0 Å². The summed E-state index contributed by atoms with van der Waals surface area (Å²) < 4.78 is 0. The van der Waals surface area contributed by atoms with Gasteiger partial charge in [-0.3, -0.25) is 0 Å². The fourth-order valence-electron chi connectivity index (χ4n) is 10.5. The van der Waals surface area contributed by atoms with Crippen LogP contribution in [0.4, 0.5) is 0 Å². The lowest BCUT2D eigenvalue weighted by Gasteiger charge is -2.49. The zero-order valence-corrected chi connectivity index (χ0v) is 42.8. The van der Waals surface area contributed by atoms with Crippen LogP contribution in [0.25, 0.3) is 0 Å². The Kier molecular flexibility index (Phi) is 32.1. The van der Waals surface area contributed by atoms with Crippen molar-refractivity contribution in [2.75, 3.05) is 0 Å². The lowest BCUT2D eigenvalue weighted by molar-refractivity contribution is -0.00346. The fourth-order valence-corrected chi connectivity index (χ4v) is 10.5. The summed E-state index contributed by atoms with van der Waals surface area (Å²) in [7, 11) is 0. The van der Waals surface area contributed by atoms with E-state index in [9.17, 15) is 0 Å². The molecule has 1 aliphatic rings. The molecule has 0 nitrogen and oxygen atoms in total. The third-order valence-corrected chi connectivity index (χ3v) is 18.1. The molecule has 52 heavy (non-hydrogen) atoms. The first-order valence-corrected chi connectivity index (χ1v) is 23.9. The van der Waals surface area contributed by atoms with Gasteiger partial charge in [0.15, 0.2) is 0 Å². The molecule has 1 fully saturated rings. The highest BCUT2D eigenvalue weighted by Crippen LogP contribution is 2.50. The van der Waals surface area contributed by atoms with Crippen molar-refractivity contribution in [3.63, 3.8) is 0 Å². The lowest BCUT2D eigenvalue weighted by Crippen LogP contribution is -2.42. The van der Waals surface area contributed by atoms with E-state index in [1.165, 1.54) is 6.42 Å². The Morgan fingerprint density at radius 2 is 0.365 bits per heavy atom. The second kappa shape index (κ2) is 28.4. The molecule has 320 valence electrons. The van der Waals surface area contributed by atoms with Crippen LogP contribution in [0.2, 0.25) is 0 Å². The van der Waals surface area contributed by atoms with Gasteiger partial charge in [0.1, 0.15) is 0 Å². The monoisotopic (exact) mass is 737 g/mol. The summed E-state index contributed by atoms with van der Waals surface area (Å²) in [6.45, 7) is 73.0. The number of rotatable bonds is 0. The van der Waals surface area contributed by atoms with Gasteiger partial charge in [-0.05, 0) is 130 Å². The van der Waals surface area contributed by atoms with Crippen LogP contribution < -0.4 is 0 Å². The summed E-state index contributed by atoms with van der Waals surface area (Å²) in [6.07, 6.45) is 1.37. The minimum Gasteiger partial charge on any atom is -0.0683 e. The topological polar surface area (TPSA) is 0 Å². The molecular formula is C52H112.